The van der Waals surface area contributed by atoms with Crippen LogP contribution in [0.5, 0.6) is 0 Å². The Balaban J connectivity index is 2.02. The van der Waals surface area contributed by atoms with Crippen molar-refractivity contribution in [2.75, 3.05) is 16.4 Å². The summed E-state index contributed by atoms with van der Waals surface area (Å²) in [6.07, 6.45) is 0. The number of hydrogen-bond donors (Lipinski definition) is 1. The number of halogens is 2. The van der Waals surface area contributed by atoms with Crippen molar-refractivity contribution in [3.63, 3.8) is 0 Å². The van der Waals surface area contributed by atoms with Crippen LogP contribution in [0.2, 0.25) is 5.02 Å². The third-order valence-electron chi connectivity index (χ3n) is 3.25. The van der Waals surface area contributed by atoms with Gasteiger partial charge < -0.3 is 4.90 Å². The lowest BCUT2D eigenvalue weighted by molar-refractivity contribution is 0.601. The van der Waals surface area contributed by atoms with Crippen LogP contribution < -0.4 is 4.90 Å². The van der Waals surface area contributed by atoms with E-state index in [2.05, 4.69) is 15.9 Å². The quantitative estimate of drug-likeness (QED) is 0.812. The van der Waals surface area contributed by atoms with E-state index in [1.807, 2.05) is 12.1 Å². The van der Waals surface area contributed by atoms with Crippen molar-refractivity contribution in [1.29, 1.82) is 5.41 Å². The summed E-state index contributed by atoms with van der Waals surface area (Å²) in [5, 5.41) is 8.87. The molecule has 2 atom stereocenters. The summed E-state index contributed by atoms with van der Waals surface area (Å²) in [5.41, 5.74) is 0.701. The number of fused-ring (bicyclic) bond motifs is 1. The average Bonchev–Trinajstić information content (AvgIpc) is 2.70. The van der Waals surface area contributed by atoms with Gasteiger partial charge in [-0.2, -0.15) is 0 Å². The van der Waals surface area contributed by atoms with Crippen molar-refractivity contribution in [2.45, 2.75) is 11.3 Å². The van der Waals surface area contributed by atoms with Crippen LogP contribution >= 0.6 is 39.3 Å². The van der Waals surface area contributed by atoms with Gasteiger partial charge in [0.2, 0.25) is 0 Å². The summed E-state index contributed by atoms with van der Waals surface area (Å²) >= 11 is 10.9. The van der Waals surface area contributed by atoms with Crippen LogP contribution in [0.3, 0.4) is 0 Å². The molecule has 2 saturated heterocycles. The van der Waals surface area contributed by atoms with Gasteiger partial charge in [-0.1, -0.05) is 39.3 Å². The lowest BCUT2D eigenvalue weighted by Gasteiger charge is -2.24. The number of nitrogens with one attached hydrogen (secondary N) is 1. The zero-order valence-electron chi connectivity index (χ0n) is 9.64. The van der Waals surface area contributed by atoms with Gasteiger partial charge in [-0.05, 0) is 18.2 Å². The first kappa shape index (κ1) is 13.7. The Hall–Kier alpha value is -0.240. The van der Waals surface area contributed by atoms with E-state index in [4.69, 9.17) is 17.0 Å². The molecule has 0 bridgehead atoms. The molecule has 8 heteroatoms. The first-order valence-corrected chi connectivity index (χ1v) is 9.44. The standard InChI is InChI=1S/C11H10BrClN2O2S2/c12-6-1-2-8(7(13)3-6)15-9-4-19(16,17)5-10(9)18-11(15)14/h1-3,9-10,14H,4-5H2/t9-,10-/m1/s1. The maximum atomic E-state index is 11.7. The molecule has 2 aliphatic rings. The molecule has 0 radical (unpaired) electrons. The maximum absolute atomic E-state index is 11.7. The molecule has 0 aromatic heterocycles. The number of sulfone groups is 1. The lowest BCUT2D eigenvalue weighted by Crippen LogP contribution is -2.37. The molecular formula is C11H10BrClN2O2S2. The van der Waals surface area contributed by atoms with Crippen molar-refractivity contribution in [2.24, 2.45) is 0 Å². The summed E-state index contributed by atoms with van der Waals surface area (Å²) in [4.78, 5) is 1.74. The molecule has 4 nitrogen and oxygen atoms in total. The fraction of sp³-hybridized carbons (Fsp3) is 0.364. The number of benzene rings is 1. The van der Waals surface area contributed by atoms with Gasteiger partial charge in [0.05, 0.1) is 28.3 Å². The Labute approximate surface area is 129 Å². The highest BCUT2D eigenvalue weighted by atomic mass is 79.9. The van der Waals surface area contributed by atoms with E-state index in [1.165, 1.54) is 11.8 Å². The van der Waals surface area contributed by atoms with Crippen LogP contribution in [0, 0.1) is 5.41 Å². The van der Waals surface area contributed by atoms with Gasteiger partial charge in [-0.3, -0.25) is 5.41 Å². The Morgan fingerprint density at radius 3 is 2.84 bits per heavy atom. The fourth-order valence-electron chi connectivity index (χ4n) is 2.47. The minimum atomic E-state index is -3.00. The second-order valence-electron chi connectivity index (χ2n) is 4.57. The van der Waals surface area contributed by atoms with Crippen molar-refractivity contribution < 1.29 is 8.42 Å². The van der Waals surface area contributed by atoms with E-state index < -0.39 is 9.84 Å². The molecule has 19 heavy (non-hydrogen) atoms. The zero-order chi connectivity index (χ0) is 13.8. The fourth-order valence-corrected chi connectivity index (χ4v) is 7.02. The summed E-state index contributed by atoms with van der Waals surface area (Å²) < 4.78 is 24.3. The number of thioether (sulfide) groups is 1. The van der Waals surface area contributed by atoms with Gasteiger partial charge in [0.15, 0.2) is 15.0 Å². The molecule has 1 aromatic rings. The van der Waals surface area contributed by atoms with Crippen LogP contribution in [-0.2, 0) is 9.84 Å². The smallest absolute Gasteiger partial charge is 0.161 e. The molecule has 2 aliphatic heterocycles. The molecule has 3 rings (SSSR count). The van der Waals surface area contributed by atoms with Crippen LogP contribution in [0.1, 0.15) is 0 Å². The van der Waals surface area contributed by atoms with Gasteiger partial charge >= 0.3 is 0 Å². The van der Waals surface area contributed by atoms with Crippen LogP contribution in [0.4, 0.5) is 5.69 Å². The number of amidine groups is 1. The monoisotopic (exact) mass is 380 g/mol. The molecule has 0 saturated carbocycles. The third kappa shape index (κ3) is 2.41. The van der Waals surface area contributed by atoms with Crippen molar-refractivity contribution in [3.05, 3.63) is 27.7 Å². The van der Waals surface area contributed by atoms with Gasteiger partial charge in [0.25, 0.3) is 0 Å². The summed E-state index contributed by atoms with van der Waals surface area (Å²) in [6, 6.07) is 5.23. The van der Waals surface area contributed by atoms with E-state index in [9.17, 15) is 8.42 Å². The zero-order valence-corrected chi connectivity index (χ0v) is 13.6. The summed E-state index contributed by atoms with van der Waals surface area (Å²) in [5.74, 6) is 0.245. The molecule has 2 heterocycles. The molecule has 0 amide bonds. The SMILES string of the molecule is N=C1S[C@@H]2CS(=O)(=O)C[C@H]2N1c1ccc(Br)cc1Cl. The highest BCUT2D eigenvalue weighted by Gasteiger charge is 2.49. The lowest BCUT2D eigenvalue weighted by atomic mass is 10.2. The Morgan fingerprint density at radius 2 is 2.16 bits per heavy atom. The first-order valence-electron chi connectivity index (χ1n) is 5.57. The summed E-state index contributed by atoms with van der Waals surface area (Å²) in [6.45, 7) is 0. The molecule has 1 aromatic carbocycles. The topological polar surface area (TPSA) is 61.2 Å². The average molecular weight is 382 g/mol. The van der Waals surface area contributed by atoms with Crippen molar-refractivity contribution in [1.82, 2.24) is 0 Å². The second-order valence-corrected chi connectivity index (χ2v) is 9.28. The van der Waals surface area contributed by atoms with E-state index in [1.54, 1.807) is 11.0 Å². The van der Waals surface area contributed by atoms with E-state index in [0.717, 1.165) is 4.47 Å². The van der Waals surface area contributed by atoms with Crippen molar-refractivity contribution >= 4 is 60.0 Å². The molecule has 0 aliphatic carbocycles. The predicted molar refractivity (Wildman–Crippen MR) is 83.2 cm³/mol. The molecule has 102 valence electrons. The summed E-state index contributed by atoms with van der Waals surface area (Å²) in [7, 11) is -3.00. The minimum Gasteiger partial charge on any atom is -0.315 e. The highest BCUT2D eigenvalue weighted by Crippen LogP contribution is 2.42. The Bertz CT molecular complexity index is 665. The molecular weight excluding hydrogens is 372 g/mol. The predicted octanol–water partition coefficient (Wildman–Crippen LogP) is 2.76. The number of nitrogens with zero attached hydrogens (tertiary/aromatic N) is 1. The van der Waals surface area contributed by atoms with Gasteiger partial charge in [0.1, 0.15) is 0 Å². The molecule has 2 fully saturated rings. The van der Waals surface area contributed by atoms with Gasteiger partial charge in [-0.15, -0.1) is 0 Å². The second kappa shape index (κ2) is 4.65. The minimum absolute atomic E-state index is 0.0581. The maximum Gasteiger partial charge on any atom is 0.161 e. The molecule has 0 spiro atoms. The Kier molecular flexibility index (Phi) is 3.36. The molecule has 1 N–H and O–H groups in total. The molecule has 0 unspecified atom stereocenters. The number of rotatable bonds is 1. The largest absolute Gasteiger partial charge is 0.315 e. The van der Waals surface area contributed by atoms with E-state index in [0.29, 0.717) is 15.9 Å². The van der Waals surface area contributed by atoms with Crippen LogP contribution in [0.25, 0.3) is 0 Å². The first-order chi connectivity index (χ1) is 8.87. The van der Waals surface area contributed by atoms with Crippen LogP contribution in [0.15, 0.2) is 22.7 Å². The Morgan fingerprint density at radius 1 is 1.42 bits per heavy atom. The van der Waals surface area contributed by atoms with Crippen molar-refractivity contribution in [3.8, 4) is 0 Å². The van der Waals surface area contributed by atoms with Gasteiger partial charge in [0, 0.05) is 9.72 Å². The van der Waals surface area contributed by atoms with Gasteiger partial charge in [-0.25, -0.2) is 8.42 Å². The number of anilines is 1. The van der Waals surface area contributed by atoms with Crippen LogP contribution in [-0.4, -0.2) is 36.4 Å². The number of hydrogen-bond acceptors (Lipinski definition) is 4. The van der Waals surface area contributed by atoms with E-state index >= 15 is 0 Å². The third-order valence-corrected chi connectivity index (χ3v) is 7.18. The normalized spacial score (nSPS) is 28.7. The highest BCUT2D eigenvalue weighted by molar-refractivity contribution is 9.10. The van der Waals surface area contributed by atoms with E-state index in [-0.39, 0.29) is 22.8 Å².